The molecule has 0 aliphatic carbocycles. The van der Waals surface area contributed by atoms with Crippen molar-refractivity contribution < 1.29 is 21.6 Å². The van der Waals surface area contributed by atoms with E-state index in [0.29, 0.717) is 46.2 Å². The molecule has 0 fully saturated rings. The first-order chi connectivity index (χ1) is 17.5. The van der Waals surface area contributed by atoms with Crippen LogP contribution in [0, 0.1) is 0 Å². The first kappa shape index (κ1) is 26.3. The summed E-state index contributed by atoms with van der Waals surface area (Å²) in [6.07, 6.45) is -2.45. The van der Waals surface area contributed by atoms with Crippen molar-refractivity contribution in [2.75, 3.05) is 17.2 Å². The quantitative estimate of drug-likeness (QED) is 0.249. The van der Waals surface area contributed by atoms with Crippen LogP contribution >= 0.6 is 12.2 Å². The van der Waals surface area contributed by atoms with Crippen molar-refractivity contribution in [1.82, 2.24) is 15.3 Å². The number of nitrogens with zero attached hydrogens (tertiary/aromatic N) is 2. The number of nitrogens with two attached hydrogens (primary N) is 1. The Kier molecular flexibility index (Phi) is 7.57. The third-order valence-electron chi connectivity index (χ3n) is 5.32. The van der Waals surface area contributed by atoms with Crippen LogP contribution in [0.2, 0.25) is 0 Å². The minimum Gasteiger partial charge on any atom is -0.362 e. The molecule has 0 atom stereocenters. The van der Waals surface area contributed by atoms with Crippen molar-refractivity contribution in [3.8, 4) is 0 Å². The summed E-state index contributed by atoms with van der Waals surface area (Å²) in [4.78, 5) is 8.51. The van der Waals surface area contributed by atoms with E-state index in [1.165, 1.54) is 30.6 Å². The molecule has 0 aliphatic heterocycles. The SMILES string of the molecule is NS(=O)(=O)c1ccc(CCNC(=S)Nc2ccc3ncnc(Nc4ccc(C(F)(F)F)cc4)c3c2)cc1. The van der Waals surface area contributed by atoms with Crippen LogP contribution in [-0.2, 0) is 22.6 Å². The maximum absolute atomic E-state index is 12.8. The number of hydrogen-bond donors (Lipinski definition) is 4. The van der Waals surface area contributed by atoms with Crippen molar-refractivity contribution >= 4 is 55.4 Å². The molecule has 0 saturated carbocycles. The normalized spacial score (nSPS) is 11.8. The number of aromatic nitrogens is 2. The van der Waals surface area contributed by atoms with Gasteiger partial charge in [-0.25, -0.2) is 23.5 Å². The Bertz CT molecular complexity index is 1530. The van der Waals surface area contributed by atoms with Gasteiger partial charge >= 0.3 is 6.18 Å². The number of rotatable bonds is 7. The van der Waals surface area contributed by atoms with E-state index in [-0.39, 0.29) is 4.90 Å². The zero-order chi connectivity index (χ0) is 26.6. The Morgan fingerprint density at radius 3 is 2.27 bits per heavy atom. The molecule has 0 radical (unpaired) electrons. The molecule has 5 N–H and O–H groups in total. The predicted octanol–water partition coefficient (Wildman–Crippen LogP) is 4.57. The second-order valence-corrected chi connectivity index (χ2v) is 9.94. The molecule has 8 nitrogen and oxygen atoms in total. The van der Waals surface area contributed by atoms with E-state index in [1.807, 2.05) is 0 Å². The lowest BCUT2D eigenvalue weighted by atomic mass is 10.1. The lowest BCUT2D eigenvalue weighted by molar-refractivity contribution is -0.137. The average molecular weight is 547 g/mol. The molecule has 0 saturated heterocycles. The Labute approximate surface area is 216 Å². The highest BCUT2D eigenvalue weighted by atomic mass is 32.2. The number of fused-ring (bicyclic) bond motifs is 1. The van der Waals surface area contributed by atoms with Crippen LogP contribution in [0.25, 0.3) is 10.9 Å². The summed E-state index contributed by atoms with van der Waals surface area (Å²) in [5.41, 5.74) is 1.91. The minimum atomic E-state index is -4.41. The molecule has 37 heavy (non-hydrogen) atoms. The van der Waals surface area contributed by atoms with Crippen molar-refractivity contribution in [1.29, 1.82) is 0 Å². The second kappa shape index (κ2) is 10.7. The van der Waals surface area contributed by atoms with E-state index in [9.17, 15) is 21.6 Å². The summed E-state index contributed by atoms with van der Waals surface area (Å²) in [5.74, 6) is 0.426. The van der Waals surface area contributed by atoms with Crippen LogP contribution in [0.5, 0.6) is 0 Å². The van der Waals surface area contributed by atoms with Gasteiger partial charge in [0.25, 0.3) is 0 Å². The fraction of sp³-hybridized carbons (Fsp3) is 0.125. The van der Waals surface area contributed by atoms with Gasteiger partial charge in [0.15, 0.2) is 5.11 Å². The molecule has 3 aromatic carbocycles. The lowest BCUT2D eigenvalue weighted by Gasteiger charge is -2.13. The summed E-state index contributed by atoms with van der Waals surface area (Å²) < 4.78 is 61.2. The predicted molar refractivity (Wildman–Crippen MR) is 140 cm³/mol. The molecule has 4 rings (SSSR count). The van der Waals surface area contributed by atoms with Gasteiger partial charge in [-0.05, 0) is 78.8 Å². The molecule has 13 heteroatoms. The summed E-state index contributed by atoms with van der Waals surface area (Å²) in [5, 5.41) is 15.3. The molecular weight excluding hydrogens is 525 g/mol. The topological polar surface area (TPSA) is 122 Å². The summed E-state index contributed by atoms with van der Waals surface area (Å²) in [7, 11) is -3.73. The molecule has 0 bridgehead atoms. The van der Waals surface area contributed by atoms with Crippen LogP contribution in [0.1, 0.15) is 11.1 Å². The molecule has 1 aromatic heterocycles. The molecule has 0 unspecified atom stereocenters. The van der Waals surface area contributed by atoms with Gasteiger partial charge in [0.05, 0.1) is 16.0 Å². The summed E-state index contributed by atoms with van der Waals surface area (Å²) in [6.45, 7) is 0.498. The van der Waals surface area contributed by atoms with Gasteiger partial charge in [-0.15, -0.1) is 0 Å². The van der Waals surface area contributed by atoms with E-state index in [4.69, 9.17) is 17.4 Å². The van der Waals surface area contributed by atoms with Gasteiger partial charge in [-0.2, -0.15) is 13.2 Å². The Hall–Kier alpha value is -3.81. The van der Waals surface area contributed by atoms with Gasteiger partial charge in [-0.3, -0.25) is 0 Å². The highest BCUT2D eigenvalue weighted by Crippen LogP contribution is 2.31. The zero-order valence-electron chi connectivity index (χ0n) is 19.1. The van der Waals surface area contributed by atoms with Crippen molar-refractivity contribution in [3.05, 3.63) is 84.2 Å². The van der Waals surface area contributed by atoms with Crippen LogP contribution in [0.15, 0.2) is 78.0 Å². The first-order valence-electron chi connectivity index (χ1n) is 10.8. The third-order valence-corrected chi connectivity index (χ3v) is 6.49. The monoisotopic (exact) mass is 546 g/mol. The Balaban J connectivity index is 1.39. The van der Waals surface area contributed by atoms with E-state index in [1.54, 1.807) is 30.3 Å². The number of thiocarbonyl (C=S) groups is 1. The first-order valence-corrected chi connectivity index (χ1v) is 12.8. The maximum Gasteiger partial charge on any atom is 0.416 e. The number of primary sulfonamides is 1. The largest absolute Gasteiger partial charge is 0.416 e. The molecule has 0 spiro atoms. The standard InChI is InChI=1S/C24H21F3N6O2S2/c25-24(26,27)16-3-5-17(6-4-16)32-22-20-13-18(7-10-21(20)30-14-31-22)33-23(36)29-12-11-15-1-8-19(9-2-15)37(28,34)35/h1-10,13-14H,11-12H2,(H2,28,34,35)(H2,29,33,36)(H,30,31,32). The number of nitrogens with one attached hydrogen (secondary N) is 3. The van der Waals surface area contributed by atoms with Crippen LogP contribution in [0.4, 0.5) is 30.4 Å². The minimum absolute atomic E-state index is 0.0499. The third kappa shape index (κ3) is 6.90. The van der Waals surface area contributed by atoms with Crippen LogP contribution in [-0.4, -0.2) is 30.0 Å². The van der Waals surface area contributed by atoms with E-state index in [2.05, 4.69) is 25.9 Å². The van der Waals surface area contributed by atoms with Gasteiger partial charge in [0.1, 0.15) is 12.1 Å². The highest BCUT2D eigenvalue weighted by Gasteiger charge is 2.29. The smallest absolute Gasteiger partial charge is 0.362 e. The molecule has 0 amide bonds. The molecular formula is C24H21F3N6O2S2. The van der Waals surface area contributed by atoms with Crippen LogP contribution in [0.3, 0.4) is 0 Å². The fourth-order valence-electron chi connectivity index (χ4n) is 3.45. The number of anilines is 3. The summed E-state index contributed by atoms with van der Waals surface area (Å²) >= 11 is 5.37. The summed E-state index contributed by atoms with van der Waals surface area (Å²) in [6, 6.07) is 16.3. The number of benzene rings is 3. The number of hydrogen-bond acceptors (Lipinski definition) is 6. The number of alkyl halides is 3. The molecule has 0 aliphatic rings. The molecule has 1 heterocycles. The highest BCUT2D eigenvalue weighted by molar-refractivity contribution is 7.89. The molecule has 4 aromatic rings. The van der Waals surface area contributed by atoms with Crippen molar-refractivity contribution in [3.63, 3.8) is 0 Å². The fourth-order valence-corrected chi connectivity index (χ4v) is 4.19. The Morgan fingerprint density at radius 1 is 0.946 bits per heavy atom. The zero-order valence-corrected chi connectivity index (χ0v) is 20.7. The number of sulfonamides is 1. The lowest BCUT2D eigenvalue weighted by Crippen LogP contribution is -2.30. The maximum atomic E-state index is 12.8. The average Bonchev–Trinajstić information content (AvgIpc) is 2.84. The molecule has 192 valence electrons. The van der Waals surface area contributed by atoms with Gasteiger partial charge in [0.2, 0.25) is 10.0 Å². The van der Waals surface area contributed by atoms with E-state index >= 15 is 0 Å². The number of halogens is 3. The van der Waals surface area contributed by atoms with Crippen LogP contribution < -0.4 is 21.1 Å². The Morgan fingerprint density at radius 2 is 1.62 bits per heavy atom. The van der Waals surface area contributed by atoms with Gasteiger partial charge in [0, 0.05) is 23.3 Å². The van der Waals surface area contributed by atoms with E-state index < -0.39 is 21.8 Å². The van der Waals surface area contributed by atoms with E-state index in [0.717, 1.165) is 17.7 Å². The van der Waals surface area contributed by atoms with Crippen molar-refractivity contribution in [2.45, 2.75) is 17.5 Å². The second-order valence-electron chi connectivity index (χ2n) is 7.97. The van der Waals surface area contributed by atoms with Gasteiger partial charge < -0.3 is 16.0 Å². The van der Waals surface area contributed by atoms with Crippen molar-refractivity contribution in [2.24, 2.45) is 5.14 Å². The van der Waals surface area contributed by atoms with Gasteiger partial charge in [-0.1, -0.05) is 12.1 Å².